The molecule has 0 aromatic carbocycles. The normalized spacial score (nSPS) is 17.0. The van der Waals surface area contributed by atoms with Crippen molar-refractivity contribution in [1.29, 1.82) is 0 Å². The third kappa shape index (κ3) is 7.40. The molecule has 1 aliphatic rings. The predicted molar refractivity (Wildman–Crippen MR) is 128 cm³/mol. The summed E-state index contributed by atoms with van der Waals surface area (Å²) in [4.78, 5) is 23.1. The average molecular weight is 425 g/mol. The number of hydrogen-bond donors (Lipinski definition) is 1. The Morgan fingerprint density at radius 2 is 1.81 bits per heavy atom. The number of carbonyl (C=O) groups is 1. The van der Waals surface area contributed by atoms with Gasteiger partial charge in [-0.2, -0.15) is 0 Å². The standard InChI is InChI=1S/C16H23N3O.C8H11N.CH2O/c1-4-5-6-15-12(2)17-11-18-16(15)19(3)14-9-13(10-14)7-8-20;1-6-4-5-9-8(3)7(6)2;1-2/h4-6,11,13-14,20H,1,7-10H2,2-3H3;4-5H,1-3H3;1H2/b6-5-;;. The number of pyridine rings is 1. The summed E-state index contributed by atoms with van der Waals surface area (Å²) in [7, 11) is 2.09. The van der Waals surface area contributed by atoms with E-state index < -0.39 is 0 Å². The highest BCUT2D eigenvalue weighted by molar-refractivity contribution is 5.66. The molecule has 2 aromatic heterocycles. The second kappa shape index (κ2) is 13.4. The molecule has 0 aliphatic heterocycles. The molecule has 0 unspecified atom stereocenters. The molecule has 1 saturated carbocycles. The van der Waals surface area contributed by atoms with Gasteiger partial charge < -0.3 is 14.8 Å². The van der Waals surface area contributed by atoms with E-state index in [2.05, 4.69) is 47.3 Å². The van der Waals surface area contributed by atoms with Gasteiger partial charge in [-0.25, -0.2) is 9.97 Å². The topological polar surface area (TPSA) is 79.2 Å². The van der Waals surface area contributed by atoms with Crippen LogP contribution in [0.5, 0.6) is 0 Å². The number of hydrogen-bond acceptors (Lipinski definition) is 6. The molecule has 6 nitrogen and oxygen atoms in total. The number of aryl methyl sites for hydroxylation is 3. The van der Waals surface area contributed by atoms with Crippen molar-refractivity contribution in [3.05, 3.63) is 65.4 Å². The molecule has 0 spiro atoms. The minimum absolute atomic E-state index is 0.293. The third-order valence-electron chi connectivity index (χ3n) is 5.82. The van der Waals surface area contributed by atoms with Crippen LogP contribution in [0.2, 0.25) is 0 Å². The van der Waals surface area contributed by atoms with Gasteiger partial charge in [-0.3, -0.25) is 4.98 Å². The third-order valence-corrected chi connectivity index (χ3v) is 5.82. The Hall–Kier alpha value is -2.86. The Morgan fingerprint density at radius 1 is 1.13 bits per heavy atom. The van der Waals surface area contributed by atoms with Crippen LogP contribution in [0, 0.1) is 33.6 Å². The van der Waals surface area contributed by atoms with Gasteiger partial charge in [0.1, 0.15) is 18.9 Å². The van der Waals surface area contributed by atoms with Crippen LogP contribution in [0.4, 0.5) is 5.82 Å². The smallest absolute Gasteiger partial charge is 0.139 e. The number of allylic oxidation sites excluding steroid dienone is 2. The fraction of sp³-hybridized carbons (Fsp3) is 0.440. The van der Waals surface area contributed by atoms with Crippen molar-refractivity contribution < 1.29 is 9.90 Å². The van der Waals surface area contributed by atoms with Gasteiger partial charge in [0, 0.05) is 37.2 Å². The van der Waals surface area contributed by atoms with E-state index in [-0.39, 0.29) is 0 Å². The lowest BCUT2D eigenvalue weighted by atomic mass is 9.77. The largest absolute Gasteiger partial charge is 0.396 e. The number of aliphatic hydroxyl groups is 1. The molecule has 1 N–H and O–H groups in total. The minimum Gasteiger partial charge on any atom is -0.396 e. The molecule has 3 rings (SSSR count). The summed E-state index contributed by atoms with van der Waals surface area (Å²) in [6.07, 6.45) is 12.3. The molecular formula is C25H36N4O2. The van der Waals surface area contributed by atoms with Crippen molar-refractivity contribution in [2.45, 2.75) is 53.0 Å². The van der Waals surface area contributed by atoms with Gasteiger partial charge in [0.15, 0.2) is 0 Å². The fourth-order valence-corrected chi connectivity index (χ4v) is 3.49. The van der Waals surface area contributed by atoms with Crippen LogP contribution in [-0.4, -0.2) is 46.5 Å². The number of nitrogens with zero attached hydrogens (tertiary/aromatic N) is 4. The molecule has 2 aromatic rings. The molecule has 0 radical (unpaired) electrons. The van der Waals surface area contributed by atoms with Crippen LogP contribution in [0.1, 0.15) is 47.3 Å². The second-order valence-electron chi connectivity index (χ2n) is 7.74. The van der Waals surface area contributed by atoms with Crippen LogP contribution in [0.3, 0.4) is 0 Å². The number of aromatic nitrogens is 3. The molecular weight excluding hydrogens is 388 g/mol. The van der Waals surface area contributed by atoms with E-state index in [1.54, 1.807) is 12.4 Å². The highest BCUT2D eigenvalue weighted by Gasteiger charge is 2.32. The average Bonchev–Trinajstić information content (AvgIpc) is 2.74. The van der Waals surface area contributed by atoms with Crippen molar-refractivity contribution in [1.82, 2.24) is 15.0 Å². The Kier molecular flexibility index (Phi) is 11.4. The Labute approximate surface area is 186 Å². The maximum atomic E-state index is 8.97. The second-order valence-corrected chi connectivity index (χ2v) is 7.74. The summed E-state index contributed by atoms with van der Waals surface area (Å²) in [5.41, 5.74) is 5.79. The lowest BCUT2D eigenvalue weighted by Crippen LogP contribution is -2.43. The highest BCUT2D eigenvalue weighted by atomic mass is 16.3. The van der Waals surface area contributed by atoms with E-state index in [0.717, 1.165) is 42.0 Å². The van der Waals surface area contributed by atoms with E-state index in [4.69, 9.17) is 9.90 Å². The molecule has 0 amide bonds. The number of aliphatic hydroxyl groups excluding tert-OH is 1. The first-order valence-electron chi connectivity index (χ1n) is 10.5. The summed E-state index contributed by atoms with van der Waals surface area (Å²) in [5.74, 6) is 1.63. The van der Waals surface area contributed by atoms with E-state index >= 15 is 0 Å². The van der Waals surface area contributed by atoms with Crippen molar-refractivity contribution in [2.75, 3.05) is 18.6 Å². The Balaban J connectivity index is 0.000000365. The molecule has 1 fully saturated rings. The number of anilines is 1. The summed E-state index contributed by atoms with van der Waals surface area (Å²) in [5, 5.41) is 8.97. The maximum absolute atomic E-state index is 8.97. The maximum Gasteiger partial charge on any atom is 0.139 e. The van der Waals surface area contributed by atoms with Crippen LogP contribution in [-0.2, 0) is 4.79 Å². The molecule has 0 bridgehead atoms. The minimum atomic E-state index is 0.293. The zero-order valence-corrected chi connectivity index (χ0v) is 19.5. The molecule has 6 heteroatoms. The SMILES string of the molecule is C=C/C=C\c1c(C)ncnc1N(C)C1CC(CCO)C1.C=O.Cc1ccnc(C)c1C. The lowest BCUT2D eigenvalue weighted by molar-refractivity contribution is -0.0979. The summed E-state index contributed by atoms with van der Waals surface area (Å²) < 4.78 is 0. The van der Waals surface area contributed by atoms with Crippen LogP contribution >= 0.6 is 0 Å². The Bertz CT molecular complexity index is 840. The predicted octanol–water partition coefficient (Wildman–Crippen LogP) is 4.40. The number of carbonyl (C=O) groups excluding carboxylic acids is 1. The van der Waals surface area contributed by atoms with Gasteiger partial charge in [-0.1, -0.05) is 18.7 Å². The van der Waals surface area contributed by atoms with Crippen molar-refractivity contribution >= 4 is 18.7 Å². The van der Waals surface area contributed by atoms with E-state index in [1.807, 2.05) is 45.1 Å². The van der Waals surface area contributed by atoms with Gasteiger partial charge >= 0.3 is 0 Å². The molecule has 0 saturated heterocycles. The zero-order chi connectivity index (χ0) is 23.4. The van der Waals surface area contributed by atoms with Crippen LogP contribution in [0.25, 0.3) is 6.08 Å². The van der Waals surface area contributed by atoms with Gasteiger partial charge in [0.25, 0.3) is 0 Å². The van der Waals surface area contributed by atoms with Crippen LogP contribution in [0.15, 0.2) is 37.3 Å². The van der Waals surface area contributed by atoms with E-state index in [1.165, 1.54) is 11.1 Å². The molecule has 0 atom stereocenters. The van der Waals surface area contributed by atoms with E-state index in [0.29, 0.717) is 18.6 Å². The molecule has 1 aliphatic carbocycles. The summed E-state index contributed by atoms with van der Waals surface area (Å²) >= 11 is 0. The van der Waals surface area contributed by atoms with Gasteiger partial charge in [0.05, 0.1) is 5.69 Å². The lowest BCUT2D eigenvalue weighted by Gasteiger charge is -2.42. The fourth-order valence-electron chi connectivity index (χ4n) is 3.49. The highest BCUT2D eigenvalue weighted by Crippen LogP contribution is 2.36. The molecule has 168 valence electrons. The summed E-state index contributed by atoms with van der Waals surface area (Å²) in [6, 6.07) is 2.54. The monoisotopic (exact) mass is 424 g/mol. The van der Waals surface area contributed by atoms with Gasteiger partial charge in [-0.15, -0.1) is 0 Å². The molecule has 2 heterocycles. The van der Waals surface area contributed by atoms with E-state index in [9.17, 15) is 0 Å². The zero-order valence-electron chi connectivity index (χ0n) is 19.5. The van der Waals surface area contributed by atoms with Gasteiger partial charge in [0.2, 0.25) is 0 Å². The van der Waals surface area contributed by atoms with Crippen molar-refractivity contribution in [3.8, 4) is 0 Å². The Morgan fingerprint density at radius 3 is 2.35 bits per heavy atom. The molecule has 31 heavy (non-hydrogen) atoms. The number of rotatable bonds is 6. The quantitative estimate of drug-likeness (QED) is 0.692. The first-order chi connectivity index (χ1) is 14.9. The first-order valence-corrected chi connectivity index (χ1v) is 10.5. The van der Waals surface area contributed by atoms with Crippen molar-refractivity contribution in [2.24, 2.45) is 5.92 Å². The van der Waals surface area contributed by atoms with Crippen LogP contribution < -0.4 is 4.90 Å². The van der Waals surface area contributed by atoms with Gasteiger partial charge in [-0.05, 0) is 76.1 Å². The summed E-state index contributed by atoms with van der Waals surface area (Å²) in [6.45, 7) is 14.2. The van der Waals surface area contributed by atoms with Crippen molar-refractivity contribution in [3.63, 3.8) is 0 Å². The first kappa shape index (κ1) is 26.2.